The number of amides is 1. The lowest BCUT2D eigenvalue weighted by atomic mass is 10.2. The molecule has 0 aliphatic carbocycles. The number of hydrogen-bond acceptors (Lipinski definition) is 6. The van der Waals surface area contributed by atoms with Crippen molar-refractivity contribution in [2.75, 3.05) is 36.5 Å². The number of fused-ring (bicyclic) bond motifs is 1. The number of rotatable bonds is 3. The molecule has 9 heteroatoms. The first kappa shape index (κ1) is 16.8. The molecule has 1 fully saturated rings. The molecule has 1 aromatic carbocycles. The molecule has 3 heterocycles. The molecule has 3 aromatic rings. The Hall–Kier alpha value is -2.65. The van der Waals surface area contributed by atoms with Crippen LogP contribution in [0.25, 0.3) is 10.2 Å². The van der Waals surface area contributed by atoms with Crippen LogP contribution in [0.5, 0.6) is 0 Å². The molecule has 0 spiro atoms. The molecule has 0 saturated carbocycles. The quantitative estimate of drug-likeness (QED) is 0.761. The molecule has 6 nitrogen and oxygen atoms in total. The number of carbonyl (C=O) groups is 1. The van der Waals surface area contributed by atoms with E-state index in [9.17, 15) is 13.6 Å². The zero-order valence-corrected chi connectivity index (χ0v) is 14.4. The topological polar surface area (TPSA) is 67.4 Å². The van der Waals surface area contributed by atoms with Gasteiger partial charge in [0.15, 0.2) is 16.8 Å². The SMILES string of the molecule is O=C(Nc1nc2cc(F)c(F)cc2s1)c1cccnc1N1CCOCC1. The third-order valence-electron chi connectivity index (χ3n) is 3.99. The van der Waals surface area contributed by atoms with Gasteiger partial charge in [-0.25, -0.2) is 18.7 Å². The first-order valence-electron chi connectivity index (χ1n) is 7.96. The van der Waals surface area contributed by atoms with Crippen molar-refractivity contribution in [1.82, 2.24) is 9.97 Å². The summed E-state index contributed by atoms with van der Waals surface area (Å²) in [6, 6.07) is 5.45. The van der Waals surface area contributed by atoms with Crippen molar-refractivity contribution in [1.29, 1.82) is 0 Å². The standard InChI is InChI=1S/C17H14F2N4O2S/c18-11-8-13-14(9-12(11)19)26-17(21-13)22-16(24)10-2-1-3-20-15(10)23-4-6-25-7-5-23/h1-3,8-9H,4-7H2,(H,21,22,24). The Kier molecular flexibility index (Phi) is 4.48. The summed E-state index contributed by atoms with van der Waals surface area (Å²) in [5.74, 6) is -1.71. The van der Waals surface area contributed by atoms with E-state index in [0.29, 0.717) is 47.9 Å². The van der Waals surface area contributed by atoms with Crippen molar-refractivity contribution in [3.05, 3.63) is 47.7 Å². The molecule has 0 atom stereocenters. The number of pyridine rings is 1. The highest BCUT2D eigenvalue weighted by molar-refractivity contribution is 7.22. The zero-order valence-electron chi connectivity index (χ0n) is 13.5. The fourth-order valence-corrected chi connectivity index (χ4v) is 3.61. The average Bonchev–Trinajstić information content (AvgIpc) is 3.03. The molecule has 1 amide bonds. The largest absolute Gasteiger partial charge is 0.378 e. The Bertz CT molecular complexity index is 934. The first-order valence-corrected chi connectivity index (χ1v) is 8.78. The molecule has 4 rings (SSSR count). The Labute approximate surface area is 151 Å². The molecule has 1 saturated heterocycles. The lowest BCUT2D eigenvalue weighted by Crippen LogP contribution is -2.38. The number of halogens is 2. The van der Waals surface area contributed by atoms with Gasteiger partial charge in [-0.2, -0.15) is 0 Å². The summed E-state index contributed by atoms with van der Waals surface area (Å²) in [4.78, 5) is 23.2. The Morgan fingerprint density at radius 2 is 2.00 bits per heavy atom. The number of carbonyl (C=O) groups excluding carboxylic acids is 1. The van der Waals surface area contributed by atoms with E-state index in [1.54, 1.807) is 18.3 Å². The molecule has 1 aliphatic heterocycles. The second-order valence-electron chi connectivity index (χ2n) is 5.68. The maximum Gasteiger partial charge on any atom is 0.261 e. The van der Waals surface area contributed by atoms with Crippen LogP contribution in [-0.2, 0) is 4.74 Å². The minimum atomic E-state index is -0.970. The summed E-state index contributed by atoms with van der Waals surface area (Å²) in [5, 5.41) is 2.96. The van der Waals surface area contributed by atoms with Gasteiger partial charge in [-0.05, 0) is 18.2 Å². The molecule has 134 valence electrons. The molecule has 2 aromatic heterocycles. The lowest BCUT2D eigenvalue weighted by Gasteiger charge is -2.29. The molecule has 1 N–H and O–H groups in total. The van der Waals surface area contributed by atoms with Crippen molar-refractivity contribution in [2.24, 2.45) is 0 Å². The fourth-order valence-electron chi connectivity index (χ4n) is 2.74. The number of nitrogens with zero attached hydrogens (tertiary/aromatic N) is 3. The number of ether oxygens (including phenoxy) is 1. The van der Waals surface area contributed by atoms with Crippen LogP contribution in [0.1, 0.15) is 10.4 Å². The second-order valence-corrected chi connectivity index (χ2v) is 6.71. The van der Waals surface area contributed by atoms with Crippen LogP contribution >= 0.6 is 11.3 Å². The Morgan fingerprint density at radius 3 is 2.81 bits per heavy atom. The van der Waals surface area contributed by atoms with Gasteiger partial charge in [-0.3, -0.25) is 10.1 Å². The van der Waals surface area contributed by atoms with E-state index in [0.717, 1.165) is 23.5 Å². The Morgan fingerprint density at radius 1 is 1.23 bits per heavy atom. The highest BCUT2D eigenvalue weighted by atomic mass is 32.1. The third-order valence-corrected chi connectivity index (χ3v) is 4.93. The molecule has 0 radical (unpaired) electrons. The minimum Gasteiger partial charge on any atom is -0.378 e. The van der Waals surface area contributed by atoms with Gasteiger partial charge in [0, 0.05) is 25.4 Å². The predicted octanol–water partition coefficient (Wildman–Crippen LogP) is 3.06. The summed E-state index contributed by atoms with van der Waals surface area (Å²) in [6.45, 7) is 2.45. The van der Waals surface area contributed by atoms with Gasteiger partial charge in [0.25, 0.3) is 5.91 Å². The normalized spacial score (nSPS) is 14.6. The van der Waals surface area contributed by atoms with Crippen LogP contribution in [-0.4, -0.2) is 42.2 Å². The molecular formula is C17H14F2N4O2S. The van der Waals surface area contributed by atoms with Crippen LogP contribution in [0.4, 0.5) is 19.7 Å². The highest BCUT2D eigenvalue weighted by Gasteiger charge is 2.21. The van der Waals surface area contributed by atoms with Gasteiger partial charge in [0.05, 0.1) is 29.0 Å². The summed E-state index contributed by atoms with van der Waals surface area (Å²) >= 11 is 1.08. The second kappa shape index (κ2) is 6.93. The van der Waals surface area contributed by atoms with E-state index < -0.39 is 11.6 Å². The van der Waals surface area contributed by atoms with Gasteiger partial charge in [-0.15, -0.1) is 0 Å². The van der Waals surface area contributed by atoms with E-state index in [2.05, 4.69) is 15.3 Å². The summed E-state index contributed by atoms with van der Waals surface area (Å²) in [5.41, 5.74) is 0.704. The van der Waals surface area contributed by atoms with E-state index in [4.69, 9.17) is 4.74 Å². The third kappa shape index (κ3) is 3.23. The number of aromatic nitrogens is 2. The molecular weight excluding hydrogens is 362 g/mol. The van der Waals surface area contributed by atoms with Crippen molar-refractivity contribution < 1.29 is 18.3 Å². The van der Waals surface area contributed by atoms with E-state index in [1.807, 2.05) is 4.90 Å². The average molecular weight is 376 g/mol. The molecule has 0 bridgehead atoms. The first-order chi connectivity index (χ1) is 12.6. The van der Waals surface area contributed by atoms with E-state index in [-0.39, 0.29) is 11.0 Å². The van der Waals surface area contributed by atoms with E-state index >= 15 is 0 Å². The van der Waals surface area contributed by atoms with Gasteiger partial charge in [0.2, 0.25) is 0 Å². The molecule has 1 aliphatic rings. The smallest absolute Gasteiger partial charge is 0.261 e. The van der Waals surface area contributed by atoms with Crippen molar-refractivity contribution >= 4 is 38.4 Å². The van der Waals surface area contributed by atoms with Crippen molar-refractivity contribution in [2.45, 2.75) is 0 Å². The van der Waals surface area contributed by atoms with Crippen LogP contribution < -0.4 is 10.2 Å². The van der Waals surface area contributed by atoms with Gasteiger partial charge in [-0.1, -0.05) is 11.3 Å². The minimum absolute atomic E-state index is 0.270. The summed E-state index contributed by atoms with van der Waals surface area (Å²) in [6.07, 6.45) is 1.63. The maximum absolute atomic E-state index is 13.3. The fraction of sp³-hybridized carbons (Fsp3) is 0.235. The monoisotopic (exact) mass is 376 g/mol. The highest BCUT2D eigenvalue weighted by Crippen LogP contribution is 2.29. The number of nitrogens with one attached hydrogen (secondary N) is 1. The van der Waals surface area contributed by atoms with Gasteiger partial charge < -0.3 is 9.64 Å². The number of thiazole rings is 1. The molecule has 26 heavy (non-hydrogen) atoms. The van der Waals surface area contributed by atoms with Crippen LogP contribution in [0, 0.1) is 11.6 Å². The van der Waals surface area contributed by atoms with Crippen molar-refractivity contribution in [3.8, 4) is 0 Å². The zero-order chi connectivity index (χ0) is 18.1. The van der Waals surface area contributed by atoms with Crippen LogP contribution in [0.3, 0.4) is 0 Å². The summed E-state index contributed by atoms with van der Waals surface area (Å²) in [7, 11) is 0. The van der Waals surface area contributed by atoms with Crippen LogP contribution in [0.15, 0.2) is 30.5 Å². The number of hydrogen-bond donors (Lipinski definition) is 1. The number of morpholine rings is 1. The number of benzene rings is 1. The lowest BCUT2D eigenvalue weighted by molar-refractivity contribution is 0.102. The molecule has 0 unspecified atom stereocenters. The predicted molar refractivity (Wildman–Crippen MR) is 94.8 cm³/mol. The van der Waals surface area contributed by atoms with E-state index in [1.165, 1.54) is 0 Å². The van der Waals surface area contributed by atoms with Gasteiger partial charge >= 0.3 is 0 Å². The van der Waals surface area contributed by atoms with Gasteiger partial charge in [0.1, 0.15) is 5.82 Å². The van der Waals surface area contributed by atoms with Crippen molar-refractivity contribution in [3.63, 3.8) is 0 Å². The number of anilines is 2. The Balaban J connectivity index is 1.60. The summed E-state index contributed by atoms with van der Waals surface area (Å²) < 4.78 is 32.4. The maximum atomic E-state index is 13.3. The van der Waals surface area contributed by atoms with Crippen LogP contribution in [0.2, 0.25) is 0 Å².